The van der Waals surface area contributed by atoms with E-state index in [9.17, 15) is 0 Å². The highest BCUT2D eigenvalue weighted by atomic mass is 35.5. The van der Waals surface area contributed by atoms with Crippen LogP contribution in [0.25, 0.3) is 0 Å². The Balaban J connectivity index is 3.25. The predicted octanol–water partition coefficient (Wildman–Crippen LogP) is 1.34. The molecular weight excluding hydrogens is 122 g/mol. The van der Waals surface area contributed by atoms with Crippen molar-refractivity contribution in [2.75, 3.05) is 26.5 Å². The smallest absolute Gasteiger partial charge is 0.0443 e. The van der Waals surface area contributed by atoms with Crippen LogP contribution in [0.3, 0.4) is 0 Å². The van der Waals surface area contributed by atoms with Gasteiger partial charge in [-0.3, -0.25) is 0 Å². The van der Waals surface area contributed by atoms with E-state index in [4.69, 9.17) is 11.6 Å². The molecule has 0 saturated heterocycles. The highest BCUT2D eigenvalue weighted by molar-refractivity contribution is 6.19. The number of hydrogen-bond acceptors (Lipinski definition) is 1. The summed E-state index contributed by atoms with van der Waals surface area (Å²) in [6, 6.07) is 0. The third-order valence-electron chi connectivity index (χ3n) is 0.729. The van der Waals surface area contributed by atoms with Crippen LogP contribution in [-0.2, 0) is 0 Å². The lowest BCUT2D eigenvalue weighted by Crippen LogP contribution is -2.14. The summed E-state index contributed by atoms with van der Waals surface area (Å²) in [5.41, 5.74) is 1.07. The molecule has 0 atom stereocenters. The average molecular weight is 134 g/mol. The molecule has 0 aromatic rings. The Morgan fingerprint density at radius 3 is 2.25 bits per heavy atom. The van der Waals surface area contributed by atoms with Gasteiger partial charge in [-0.15, -0.1) is 11.6 Å². The normalized spacial score (nSPS) is 10.0. The zero-order valence-electron chi connectivity index (χ0n) is 5.45. The quantitative estimate of drug-likeness (QED) is 0.415. The van der Waals surface area contributed by atoms with Gasteiger partial charge >= 0.3 is 0 Å². The van der Waals surface area contributed by atoms with Gasteiger partial charge in [0.05, 0.1) is 0 Å². The SMILES string of the molecule is C=C(CCl)CN(C)C. The lowest BCUT2D eigenvalue weighted by Gasteiger charge is -2.08. The van der Waals surface area contributed by atoms with Gasteiger partial charge in [0.25, 0.3) is 0 Å². The fraction of sp³-hybridized carbons (Fsp3) is 0.667. The molecule has 0 spiro atoms. The second-order valence-electron chi connectivity index (χ2n) is 2.12. The molecule has 0 unspecified atom stereocenters. The summed E-state index contributed by atoms with van der Waals surface area (Å²) < 4.78 is 0. The Labute approximate surface area is 55.9 Å². The van der Waals surface area contributed by atoms with Crippen LogP contribution in [0.4, 0.5) is 0 Å². The Kier molecular flexibility index (Phi) is 3.92. The zero-order chi connectivity index (χ0) is 6.57. The molecular formula is C6H12ClN. The van der Waals surface area contributed by atoms with Crippen LogP contribution in [0, 0.1) is 0 Å². The molecule has 0 aromatic heterocycles. The summed E-state index contributed by atoms with van der Waals surface area (Å²) in [5, 5.41) is 0. The molecule has 0 aliphatic carbocycles. The third kappa shape index (κ3) is 4.16. The van der Waals surface area contributed by atoms with Crippen molar-refractivity contribution in [2.45, 2.75) is 0 Å². The first-order valence-electron chi connectivity index (χ1n) is 2.54. The van der Waals surface area contributed by atoms with Gasteiger partial charge < -0.3 is 4.90 Å². The number of halogens is 1. The van der Waals surface area contributed by atoms with Crippen LogP contribution in [0.1, 0.15) is 0 Å². The monoisotopic (exact) mass is 133 g/mol. The fourth-order valence-corrected chi connectivity index (χ4v) is 0.574. The van der Waals surface area contributed by atoms with Crippen molar-refractivity contribution < 1.29 is 0 Å². The largest absolute Gasteiger partial charge is 0.305 e. The standard InChI is InChI=1S/C6H12ClN/c1-6(4-7)5-8(2)3/h1,4-5H2,2-3H3. The second kappa shape index (κ2) is 3.93. The van der Waals surface area contributed by atoms with Gasteiger partial charge in [0.1, 0.15) is 0 Å². The zero-order valence-corrected chi connectivity index (χ0v) is 6.20. The minimum atomic E-state index is 0.568. The minimum absolute atomic E-state index is 0.568. The average Bonchev–Trinajstić information content (AvgIpc) is 1.65. The maximum Gasteiger partial charge on any atom is 0.0443 e. The van der Waals surface area contributed by atoms with Crippen molar-refractivity contribution >= 4 is 11.6 Å². The lowest BCUT2D eigenvalue weighted by molar-refractivity contribution is 0.446. The van der Waals surface area contributed by atoms with Gasteiger partial charge in [-0.05, 0) is 19.7 Å². The number of rotatable bonds is 3. The molecule has 48 valence electrons. The van der Waals surface area contributed by atoms with Gasteiger partial charge in [0.15, 0.2) is 0 Å². The molecule has 0 bridgehead atoms. The molecule has 1 nitrogen and oxygen atoms in total. The molecule has 0 aliphatic heterocycles. The van der Waals surface area contributed by atoms with Crippen molar-refractivity contribution in [1.29, 1.82) is 0 Å². The van der Waals surface area contributed by atoms with Gasteiger partial charge in [0, 0.05) is 12.4 Å². The molecule has 0 rings (SSSR count). The predicted molar refractivity (Wildman–Crippen MR) is 38.4 cm³/mol. The van der Waals surface area contributed by atoms with E-state index >= 15 is 0 Å². The van der Waals surface area contributed by atoms with Gasteiger partial charge in [0.2, 0.25) is 0 Å². The van der Waals surface area contributed by atoms with Crippen molar-refractivity contribution in [1.82, 2.24) is 4.90 Å². The molecule has 0 aromatic carbocycles. The second-order valence-corrected chi connectivity index (χ2v) is 2.39. The summed E-state index contributed by atoms with van der Waals surface area (Å²) in [6.45, 7) is 4.63. The lowest BCUT2D eigenvalue weighted by atomic mass is 10.3. The van der Waals surface area contributed by atoms with E-state index in [0.717, 1.165) is 12.1 Å². The molecule has 0 radical (unpaired) electrons. The highest BCUT2D eigenvalue weighted by Crippen LogP contribution is 1.93. The minimum Gasteiger partial charge on any atom is -0.305 e. The molecule has 2 heteroatoms. The van der Waals surface area contributed by atoms with Gasteiger partial charge in [-0.2, -0.15) is 0 Å². The van der Waals surface area contributed by atoms with E-state index in [1.54, 1.807) is 0 Å². The summed E-state index contributed by atoms with van der Waals surface area (Å²) in [7, 11) is 4.00. The number of alkyl halides is 1. The summed E-state index contributed by atoms with van der Waals surface area (Å²) in [5.74, 6) is 0.568. The van der Waals surface area contributed by atoms with Crippen LogP contribution in [-0.4, -0.2) is 31.4 Å². The summed E-state index contributed by atoms with van der Waals surface area (Å²) in [4.78, 5) is 2.05. The fourth-order valence-electron chi connectivity index (χ4n) is 0.489. The van der Waals surface area contributed by atoms with Crippen LogP contribution < -0.4 is 0 Å². The van der Waals surface area contributed by atoms with E-state index in [2.05, 4.69) is 6.58 Å². The van der Waals surface area contributed by atoms with E-state index in [1.807, 2.05) is 19.0 Å². The van der Waals surface area contributed by atoms with Crippen LogP contribution in [0.15, 0.2) is 12.2 Å². The number of nitrogens with zero attached hydrogens (tertiary/aromatic N) is 1. The van der Waals surface area contributed by atoms with Crippen LogP contribution in [0.2, 0.25) is 0 Å². The summed E-state index contributed by atoms with van der Waals surface area (Å²) in [6.07, 6.45) is 0. The molecule has 0 fully saturated rings. The Morgan fingerprint density at radius 1 is 1.62 bits per heavy atom. The van der Waals surface area contributed by atoms with Crippen LogP contribution in [0.5, 0.6) is 0 Å². The molecule has 0 amide bonds. The summed E-state index contributed by atoms with van der Waals surface area (Å²) >= 11 is 5.47. The third-order valence-corrected chi connectivity index (χ3v) is 1.11. The molecule has 8 heavy (non-hydrogen) atoms. The van der Waals surface area contributed by atoms with Crippen LogP contribution >= 0.6 is 11.6 Å². The van der Waals surface area contributed by atoms with E-state index in [0.29, 0.717) is 5.88 Å². The van der Waals surface area contributed by atoms with E-state index in [1.165, 1.54) is 0 Å². The van der Waals surface area contributed by atoms with E-state index in [-0.39, 0.29) is 0 Å². The Morgan fingerprint density at radius 2 is 2.12 bits per heavy atom. The first kappa shape index (κ1) is 7.99. The maximum absolute atomic E-state index is 5.47. The van der Waals surface area contributed by atoms with Crippen molar-refractivity contribution in [3.63, 3.8) is 0 Å². The molecule has 0 N–H and O–H groups in total. The highest BCUT2D eigenvalue weighted by Gasteiger charge is 1.91. The molecule has 0 saturated carbocycles. The topological polar surface area (TPSA) is 3.24 Å². The Hall–Kier alpha value is -0.0100. The first-order valence-corrected chi connectivity index (χ1v) is 3.07. The van der Waals surface area contributed by atoms with Gasteiger partial charge in [-0.25, -0.2) is 0 Å². The van der Waals surface area contributed by atoms with Crippen molar-refractivity contribution in [3.05, 3.63) is 12.2 Å². The molecule has 0 aliphatic rings. The maximum atomic E-state index is 5.47. The van der Waals surface area contributed by atoms with Crippen molar-refractivity contribution in [3.8, 4) is 0 Å². The number of likely N-dealkylation sites (N-methyl/N-ethyl adjacent to an activating group) is 1. The van der Waals surface area contributed by atoms with E-state index < -0.39 is 0 Å². The van der Waals surface area contributed by atoms with Crippen molar-refractivity contribution in [2.24, 2.45) is 0 Å². The number of hydrogen-bond donors (Lipinski definition) is 0. The molecule has 0 heterocycles. The van der Waals surface area contributed by atoms with Gasteiger partial charge in [-0.1, -0.05) is 6.58 Å². The first-order chi connectivity index (χ1) is 3.66. The Bertz CT molecular complexity index is 78.6.